The number of aryl methyl sites for hydroxylation is 2. The van der Waals surface area contributed by atoms with Gasteiger partial charge in [-0.1, -0.05) is 29.3 Å². The third-order valence-electron chi connectivity index (χ3n) is 3.29. The summed E-state index contributed by atoms with van der Waals surface area (Å²) in [6.45, 7) is 9.31. The van der Waals surface area contributed by atoms with Crippen molar-refractivity contribution in [3.63, 3.8) is 0 Å². The largest absolute Gasteiger partial charge is 0.444 e. The van der Waals surface area contributed by atoms with Gasteiger partial charge in [0.1, 0.15) is 11.6 Å². The van der Waals surface area contributed by atoms with E-state index in [9.17, 15) is 9.59 Å². The lowest BCUT2D eigenvalue weighted by atomic mass is 10.0. The molecule has 6 heteroatoms. The van der Waals surface area contributed by atoms with Crippen molar-refractivity contribution in [2.45, 2.75) is 52.7 Å². The summed E-state index contributed by atoms with van der Waals surface area (Å²) in [6.07, 6.45) is -0.274. The molecule has 24 heavy (non-hydrogen) atoms. The van der Waals surface area contributed by atoms with Crippen molar-refractivity contribution in [3.8, 4) is 0 Å². The highest BCUT2D eigenvalue weighted by atomic mass is 16.7. The standard InChI is InChI=1S/C18H28N2O4/c1-12-8-13(2)10-14(9-12)11-15(16(21)20(6)23-7)19-17(22)24-18(3,4)5/h8-10,15H,11H2,1-7H3,(H,19,22)/t15-/m0/s1. The summed E-state index contributed by atoms with van der Waals surface area (Å²) in [4.78, 5) is 29.5. The number of carbonyl (C=O) groups is 2. The van der Waals surface area contributed by atoms with Gasteiger partial charge < -0.3 is 10.1 Å². The molecule has 0 heterocycles. The van der Waals surface area contributed by atoms with Gasteiger partial charge in [-0.25, -0.2) is 9.86 Å². The Labute approximate surface area is 144 Å². The van der Waals surface area contributed by atoms with Crippen LogP contribution >= 0.6 is 0 Å². The van der Waals surface area contributed by atoms with Crippen LogP contribution in [0.1, 0.15) is 37.5 Å². The summed E-state index contributed by atoms with van der Waals surface area (Å²) in [7, 11) is 2.91. The van der Waals surface area contributed by atoms with E-state index < -0.39 is 17.7 Å². The van der Waals surface area contributed by atoms with Crippen LogP contribution in [-0.2, 0) is 20.8 Å². The molecule has 0 saturated carbocycles. The van der Waals surface area contributed by atoms with Crippen LogP contribution < -0.4 is 5.32 Å². The second kappa shape index (κ2) is 8.15. The number of alkyl carbamates (subject to hydrolysis) is 1. The summed E-state index contributed by atoms with van der Waals surface area (Å²) in [5, 5.41) is 3.75. The van der Waals surface area contributed by atoms with Crippen molar-refractivity contribution in [2.24, 2.45) is 0 Å². The van der Waals surface area contributed by atoms with Gasteiger partial charge in [-0.15, -0.1) is 0 Å². The van der Waals surface area contributed by atoms with Crippen LogP contribution in [0.5, 0.6) is 0 Å². The average molecular weight is 336 g/mol. The first-order valence-corrected chi connectivity index (χ1v) is 7.90. The fraction of sp³-hybridized carbons (Fsp3) is 0.556. The highest BCUT2D eigenvalue weighted by Gasteiger charge is 2.27. The molecule has 0 unspecified atom stereocenters. The van der Waals surface area contributed by atoms with E-state index in [2.05, 4.69) is 11.4 Å². The number of hydrogen-bond acceptors (Lipinski definition) is 4. The summed E-state index contributed by atoms with van der Waals surface area (Å²) in [5.41, 5.74) is 2.54. The third-order valence-corrected chi connectivity index (χ3v) is 3.29. The maximum atomic E-state index is 12.5. The first kappa shape index (κ1) is 20.0. The molecule has 0 saturated heterocycles. The summed E-state index contributed by atoms with van der Waals surface area (Å²) in [5.74, 6) is -0.345. The van der Waals surface area contributed by atoms with E-state index >= 15 is 0 Å². The lowest BCUT2D eigenvalue weighted by molar-refractivity contribution is -0.171. The predicted molar refractivity (Wildman–Crippen MR) is 92.6 cm³/mol. The monoisotopic (exact) mass is 336 g/mol. The molecule has 0 aliphatic heterocycles. The Hall–Kier alpha value is -2.08. The van der Waals surface area contributed by atoms with Crippen LogP contribution in [0.4, 0.5) is 4.79 Å². The maximum Gasteiger partial charge on any atom is 0.408 e. The zero-order valence-corrected chi connectivity index (χ0v) is 15.6. The van der Waals surface area contributed by atoms with Gasteiger partial charge in [0.2, 0.25) is 0 Å². The Bertz CT molecular complexity index is 573. The third kappa shape index (κ3) is 6.58. The number of hydroxylamine groups is 2. The smallest absolute Gasteiger partial charge is 0.408 e. The Morgan fingerprint density at radius 3 is 2.17 bits per heavy atom. The minimum absolute atomic E-state index is 0.345. The van der Waals surface area contributed by atoms with Gasteiger partial charge in [-0.05, 0) is 40.2 Å². The van der Waals surface area contributed by atoms with Crippen LogP contribution in [0.2, 0.25) is 0 Å². The first-order valence-electron chi connectivity index (χ1n) is 7.90. The summed E-state index contributed by atoms with van der Waals surface area (Å²) in [6, 6.07) is 5.28. The lowest BCUT2D eigenvalue weighted by Gasteiger charge is -2.25. The lowest BCUT2D eigenvalue weighted by Crippen LogP contribution is -2.49. The Kier molecular flexibility index (Phi) is 6.78. The van der Waals surface area contributed by atoms with Gasteiger partial charge in [0.25, 0.3) is 5.91 Å². The number of rotatable bonds is 5. The van der Waals surface area contributed by atoms with Crippen LogP contribution in [-0.4, -0.2) is 42.9 Å². The quantitative estimate of drug-likeness (QED) is 0.840. The van der Waals surface area contributed by atoms with Gasteiger partial charge in [0, 0.05) is 13.5 Å². The molecule has 2 amide bonds. The number of carbonyl (C=O) groups excluding carboxylic acids is 2. The van der Waals surface area contributed by atoms with Gasteiger partial charge in [-0.2, -0.15) is 0 Å². The topological polar surface area (TPSA) is 67.9 Å². The number of hydrogen-bond donors (Lipinski definition) is 1. The van der Waals surface area contributed by atoms with Crippen LogP contribution in [0.25, 0.3) is 0 Å². The molecule has 134 valence electrons. The Morgan fingerprint density at radius 2 is 1.71 bits per heavy atom. The van der Waals surface area contributed by atoms with Crippen molar-refractivity contribution in [1.29, 1.82) is 0 Å². The minimum Gasteiger partial charge on any atom is -0.444 e. The molecule has 1 atom stereocenters. The van der Waals surface area contributed by atoms with E-state index in [0.29, 0.717) is 6.42 Å². The highest BCUT2D eigenvalue weighted by molar-refractivity contribution is 5.85. The molecule has 1 N–H and O–H groups in total. The van der Waals surface area contributed by atoms with Crippen molar-refractivity contribution < 1.29 is 19.2 Å². The maximum absolute atomic E-state index is 12.5. The van der Waals surface area contributed by atoms with Gasteiger partial charge in [-0.3, -0.25) is 9.63 Å². The number of benzene rings is 1. The number of nitrogens with one attached hydrogen (secondary N) is 1. The van der Waals surface area contributed by atoms with E-state index in [1.807, 2.05) is 26.0 Å². The molecular weight excluding hydrogens is 308 g/mol. The highest BCUT2D eigenvalue weighted by Crippen LogP contribution is 2.13. The summed E-state index contributed by atoms with van der Waals surface area (Å²) >= 11 is 0. The number of nitrogens with zero attached hydrogens (tertiary/aromatic N) is 1. The van der Waals surface area contributed by atoms with Crippen molar-refractivity contribution in [2.75, 3.05) is 14.2 Å². The normalized spacial score (nSPS) is 12.5. The number of amides is 2. The predicted octanol–water partition coefficient (Wildman–Crippen LogP) is 2.76. The molecule has 0 spiro atoms. The Morgan fingerprint density at radius 1 is 1.17 bits per heavy atom. The molecule has 0 radical (unpaired) electrons. The number of ether oxygens (including phenoxy) is 1. The second-order valence-corrected chi connectivity index (χ2v) is 6.92. The molecular formula is C18H28N2O4. The van der Waals surface area contributed by atoms with Gasteiger partial charge in [0.15, 0.2) is 0 Å². The average Bonchev–Trinajstić information content (AvgIpc) is 2.41. The molecule has 0 aliphatic carbocycles. The molecule has 0 fully saturated rings. The first-order chi connectivity index (χ1) is 11.0. The Balaban J connectivity index is 2.96. The van der Waals surface area contributed by atoms with Crippen molar-refractivity contribution in [1.82, 2.24) is 10.4 Å². The second-order valence-electron chi connectivity index (χ2n) is 6.92. The van der Waals surface area contributed by atoms with Gasteiger partial charge in [0.05, 0.1) is 7.11 Å². The SMILES string of the molecule is CON(C)C(=O)[C@H](Cc1cc(C)cc(C)c1)NC(=O)OC(C)(C)C. The summed E-state index contributed by atoms with van der Waals surface area (Å²) < 4.78 is 5.26. The van der Waals surface area contributed by atoms with E-state index in [0.717, 1.165) is 21.8 Å². The molecule has 6 nitrogen and oxygen atoms in total. The molecule has 1 aromatic rings. The van der Waals surface area contributed by atoms with Gasteiger partial charge >= 0.3 is 6.09 Å². The zero-order chi connectivity index (χ0) is 18.5. The molecule has 1 rings (SSSR count). The minimum atomic E-state index is -0.772. The molecule has 1 aromatic carbocycles. The van der Waals surface area contributed by atoms with E-state index in [4.69, 9.17) is 9.57 Å². The number of likely N-dealkylation sites (N-methyl/N-ethyl adjacent to an activating group) is 1. The van der Waals surface area contributed by atoms with Crippen LogP contribution in [0.3, 0.4) is 0 Å². The van der Waals surface area contributed by atoms with Crippen LogP contribution in [0.15, 0.2) is 18.2 Å². The fourth-order valence-electron chi connectivity index (χ4n) is 2.38. The van der Waals surface area contributed by atoms with E-state index in [1.54, 1.807) is 20.8 Å². The zero-order valence-electron chi connectivity index (χ0n) is 15.6. The van der Waals surface area contributed by atoms with E-state index in [1.165, 1.54) is 14.2 Å². The van der Waals surface area contributed by atoms with Crippen molar-refractivity contribution in [3.05, 3.63) is 34.9 Å². The fourth-order valence-corrected chi connectivity index (χ4v) is 2.38. The van der Waals surface area contributed by atoms with Crippen LogP contribution in [0, 0.1) is 13.8 Å². The van der Waals surface area contributed by atoms with Crippen molar-refractivity contribution >= 4 is 12.0 Å². The molecule has 0 bridgehead atoms. The molecule has 0 aliphatic rings. The molecule has 0 aromatic heterocycles. The van der Waals surface area contributed by atoms with E-state index in [-0.39, 0.29) is 5.91 Å².